The predicted octanol–water partition coefficient (Wildman–Crippen LogP) is 3.04. The number of nitrogens with zero attached hydrogens (tertiary/aromatic N) is 4. The number of aromatic amines is 1. The summed E-state index contributed by atoms with van der Waals surface area (Å²) in [5.74, 6) is 3.26. The largest absolute Gasteiger partial charge is 0.481 e. The lowest BCUT2D eigenvalue weighted by Gasteiger charge is -2.16. The molecular formula is C21H28N6O. The number of ether oxygens (including phenoxy) is 1. The smallest absolute Gasteiger partial charge is 0.215 e. The predicted molar refractivity (Wildman–Crippen MR) is 111 cm³/mol. The lowest BCUT2D eigenvalue weighted by atomic mass is 10.1. The van der Waals surface area contributed by atoms with E-state index < -0.39 is 0 Å². The van der Waals surface area contributed by atoms with E-state index in [4.69, 9.17) is 4.74 Å². The first-order chi connectivity index (χ1) is 13.7. The van der Waals surface area contributed by atoms with Crippen LogP contribution in [0.15, 0.2) is 30.3 Å². The molecule has 0 saturated carbocycles. The number of anilines is 1. The molecule has 2 N–H and O–H groups in total. The van der Waals surface area contributed by atoms with E-state index in [-0.39, 0.29) is 0 Å². The Morgan fingerprint density at radius 2 is 2.14 bits per heavy atom. The summed E-state index contributed by atoms with van der Waals surface area (Å²) in [5.41, 5.74) is 2.75. The van der Waals surface area contributed by atoms with Gasteiger partial charge in [0, 0.05) is 31.3 Å². The molecular weight excluding hydrogens is 352 g/mol. The number of H-pyrrole nitrogens is 1. The van der Waals surface area contributed by atoms with Gasteiger partial charge < -0.3 is 19.9 Å². The summed E-state index contributed by atoms with van der Waals surface area (Å²) in [4.78, 5) is 19.4. The summed E-state index contributed by atoms with van der Waals surface area (Å²) in [7, 11) is 1.62. The van der Waals surface area contributed by atoms with Gasteiger partial charge in [-0.25, -0.2) is 9.97 Å². The number of methoxy groups -OCH3 is 1. The molecule has 28 heavy (non-hydrogen) atoms. The van der Waals surface area contributed by atoms with E-state index in [1.54, 1.807) is 7.11 Å². The Hall–Kier alpha value is -2.67. The third-order valence-electron chi connectivity index (χ3n) is 5.30. The van der Waals surface area contributed by atoms with Gasteiger partial charge in [-0.15, -0.1) is 0 Å². The Morgan fingerprint density at radius 1 is 1.21 bits per heavy atom. The first-order valence-corrected chi connectivity index (χ1v) is 9.99. The number of fused-ring (bicyclic) bond motifs is 1. The molecule has 1 atom stereocenters. The summed E-state index contributed by atoms with van der Waals surface area (Å²) in [6, 6.07) is 9.94. The summed E-state index contributed by atoms with van der Waals surface area (Å²) in [5, 5.41) is 3.48. The van der Waals surface area contributed by atoms with Crippen LogP contribution in [0.1, 0.15) is 24.4 Å². The fraction of sp³-hybridized carbons (Fsp3) is 0.476. The van der Waals surface area contributed by atoms with Crippen LogP contribution < -0.4 is 10.1 Å². The standard InChI is InChI=1S/C21H28N6O/c1-15-5-3-6-18(23-15)22-13-16-10-12-27(14-16)11-4-7-19-24-17-8-9-20(28-2)26-21(17)25-19/h3,5-6,8-9,16H,4,7,10-14H2,1-2H3,(H,22,23)(H,24,25,26). The van der Waals surface area contributed by atoms with Crippen molar-refractivity contribution in [3.05, 3.63) is 41.9 Å². The third kappa shape index (κ3) is 4.59. The summed E-state index contributed by atoms with van der Waals surface area (Å²) in [6.45, 7) is 6.44. The van der Waals surface area contributed by atoms with Crippen LogP contribution in [-0.4, -0.2) is 58.1 Å². The van der Waals surface area contributed by atoms with Crippen molar-refractivity contribution in [2.45, 2.75) is 26.2 Å². The molecule has 4 rings (SSSR count). The number of aromatic nitrogens is 4. The van der Waals surface area contributed by atoms with Gasteiger partial charge in [-0.1, -0.05) is 6.07 Å². The molecule has 1 saturated heterocycles. The van der Waals surface area contributed by atoms with Gasteiger partial charge in [0.25, 0.3) is 0 Å². The fourth-order valence-electron chi connectivity index (χ4n) is 3.80. The molecule has 0 bridgehead atoms. The molecule has 0 spiro atoms. The minimum absolute atomic E-state index is 0.600. The highest BCUT2D eigenvalue weighted by Gasteiger charge is 2.22. The normalized spacial score (nSPS) is 17.3. The van der Waals surface area contributed by atoms with Gasteiger partial charge in [0.2, 0.25) is 5.88 Å². The van der Waals surface area contributed by atoms with Gasteiger partial charge >= 0.3 is 0 Å². The molecule has 0 aliphatic carbocycles. The number of rotatable bonds is 8. The van der Waals surface area contributed by atoms with E-state index in [1.165, 1.54) is 13.0 Å². The summed E-state index contributed by atoms with van der Waals surface area (Å²) in [6.07, 6.45) is 3.27. The second-order valence-electron chi connectivity index (χ2n) is 7.51. The molecule has 7 nitrogen and oxygen atoms in total. The van der Waals surface area contributed by atoms with E-state index in [9.17, 15) is 0 Å². The molecule has 1 aliphatic heterocycles. The van der Waals surface area contributed by atoms with E-state index in [2.05, 4.69) is 36.2 Å². The number of nitrogens with one attached hydrogen (secondary N) is 2. The molecule has 7 heteroatoms. The number of pyridine rings is 2. The average Bonchev–Trinajstić information content (AvgIpc) is 3.32. The molecule has 3 aromatic rings. The molecule has 1 aliphatic rings. The molecule has 0 amide bonds. The second-order valence-corrected chi connectivity index (χ2v) is 7.51. The van der Waals surface area contributed by atoms with E-state index in [0.717, 1.165) is 61.0 Å². The maximum absolute atomic E-state index is 5.16. The van der Waals surface area contributed by atoms with Crippen LogP contribution in [0.5, 0.6) is 5.88 Å². The zero-order chi connectivity index (χ0) is 19.3. The topological polar surface area (TPSA) is 79.0 Å². The number of likely N-dealkylation sites (tertiary alicyclic amines) is 1. The van der Waals surface area contributed by atoms with Crippen molar-refractivity contribution in [1.29, 1.82) is 0 Å². The van der Waals surface area contributed by atoms with Crippen LogP contribution in [0.4, 0.5) is 5.82 Å². The van der Waals surface area contributed by atoms with Gasteiger partial charge in [-0.2, -0.15) is 4.98 Å². The molecule has 1 unspecified atom stereocenters. The lowest BCUT2D eigenvalue weighted by molar-refractivity contribution is 0.321. The van der Waals surface area contributed by atoms with Crippen molar-refractivity contribution in [3.63, 3.8) is 0 Å². The zero-order valence-corrected chi connectivity index (χ0v) is 16.6. The van der Waals surface area contributed by atoms with Crippen molar-refractivity contribution in [2.75, 3.05) is 38.6 Å². The maximum Gasteiger partial charge on any atom is 0.215 e. The SMILES string of the molecule is COc1ccc2[nH]c(CCCN3CCC(CNc4cccc(C)n4)C3)nc2n1. The van der Waals surface area contributed by atoms with Crippen LogP contribution >= 0.6 is 0 Å². The van der Waals surface area contributed by atoms with E-state index >= 15 is 0 Å². The highest BCUT2D eigenvalue weighted by atomic mass is 16.5. The Morgan fingerprint density at radius 3 is 3.00 bits per heavy atom. The molecule has 0 radical (unpaired) electrons. The molecule has 3 aromatic heterocycles. The Labute approximate surface area is 165 Å². The van der Waals surface area contributed by atoms with E-state index in [1.807, 2.05) is 31.2 Å². The first kappa shape index (κ1) is 18.7. The van der Waals surface area contributed by atoms with Crippen LogP contribution in [-0.2, 0) is 6.42 Å². The summed E-state index contributed by atoms with van der Waals surface area (Å²) >= 11 is 0. The van der Waals surface area contributed by atoms with Crippen molar-refractivity contribution in [1.82, 2.24) is 24.8 Å². The van der Waals surface area contributed by atoms with Crippen molar-refractivity contribution < 1.29 is 4.74 Å². The zero-order valence-electron chi connectivity index (χ0n) is 16.6. The maximum atomic E-state index is 5.16. The van der Waals surface area contributed by atoms with Gasteiger partial charge in [0.1, 0.15) is 11.6 Å². The van der Waals surface area contributed by atoms with E-state index in [0.29, 0.717) is 11.8 Å². The van der Waals surface area contributed by atoms with Crippen molar-refractivity contribution >= 4 is 17.0 Å². The molecule has 0 aromatic carbocycles. The minimum Gasteiger partial charge on any atom is -0.481 e. The monoisotopic (exact) mass is 380 g/mol. The molecule has 1 fully saturated rings. The molecule has 4 heterocycles. The molecule has 148 valence electrons. The Kier molecular flexibility index (Phi) is 5.71. The average molecular weight is 380 g/mol. The second kappa shape index (κ2) is 8.56. The number of imidazole rings is 1. The first-order valence-electron chi connectivity index (χ1n) is 9.99. The van der Waals surface area contributed by atoms with Crippen molar-refractivity contribution in [2.24, 2.45) is 5.92 Å². The highest BCUT2D eigenvalue weighted by molar-refractivity contribution is 5.71. The minimum atomic E-state index is 0.600. The Bertz CT molecular complexity index is 924. The Balaban J connectivity index is 1.21. The highest BCUT2D eigenvalue weighted by Crippen LogP contribution is 2.18. The summed E-state index contributed by atoms with van der Waals surface area (Å²) < 4.78 is 5.16. The van der Waals surface area contributed by atoms with Crippen LogP contribution in [0.2, 0.25) is 0 Å². The quantitative estimate of drug-likeness (QED) is 0.625. The van der Waals surface area contributed by atoms with Gasteiger partial charge in [0.15, 0.2) is 5.65 Å². The third-order valence-corrected chi connectivity index (χ3v) is 5.30. The van der Waals surface area contributed by atoms with Crippen molar-refractivity contribution in [3.8, 4) is 5.88 Å². The fourth-order valence-corrected chi connectivity index (χ4v) is 3.80. The van der Waals surface area contributed by atoms with Gasteiger partial charge in [-0.05, 0) is 57.0 Å². The van der Waals surface area contributed by atoms with Gasteiger partial charge in [0.05, 0.1) is 12.6 Å². The van der Waals surface area contributed by atoms with Gasteiger partial charge in [-0.3, -0.25) is 0 Å². The number of hydrogen-bond donors (Lipinski definition) is 2. The van der Waals surface area contributed by atoms with Crippen LogP contribution in [0, 0.1) is 12.8 Å². The lowest BCUT2D eigenvalue weighted by Crippen LogP contribution is -2.24. The van der Waals surface area contributed by atoms with Crippen LogP contribution in [0.3, 0.4) is 0 Å². The number of hydrogen-bond acceptors (Lipinski definition) is 6. The van der Waals surface area contributed by atoms with Crippen LogP contribution in [0.25, 0.3) is 11.2 Å². The number of aryl methyl sites for hydroxylation is 2.